The summed E-state index contributed by atoms with van der Waals surface area (Å²) >= 11 is 1.53. The predicted octanol–water partition coefficient (Wildman–Crippen LogP) is 4.05. The molecule has 0 saturated carbocycles. The molecule has 148 valence electrons. The minimum atomic E-state index is -0.356. The lowest BCUT2D eigenvalue weighted by atomic mass is 9.88. The van der Waals surface area contributed by atoms with E-state index in [1.54, 1.807) is 0 Å². The molecule has 0 spiro atoms. The SMILES string of the molecule is COC(=O)c1c(NC(=O)CN2CCCc3ccccc32)sc2c1CCC(C)C2. The Bertz CT molecular complexity index is 905. The third kappa shape index (κ3) is 3.65. The summed E-state index contributed by atoms with van der Waals surface area (Å²) in [6.07, 6.45) is 4.98. The largest absolute Gasteiger partial charge is 0.465 e. The van der Waals surface area contributed by atoms with Gasteiger partial charge in [-0.3, -0.25) is 4.79 Å². The first-order valence-electron chi connectivity index (χ1n) is 9.92. The highest BCUT2D eigenvalue weighted by Crippen LogP contribution is 2.40. The van der Waals surface area contributed by atoms with E-state index in [-0.39, 0.29) is 18.4 Å². The van der Waals surface area contributed by atoms with Gasteiger partial charge in [-0.1, -0.05) is 25.1 Å². The Morgan fingerprint density at radius 2 is 2.11 bits per heavy atom. The van der Waals surface area contributed by atoms with Gasteiger partial charge >= 0.3 is 5.97 Å². The number of rotatable bonds is 4. The number of anilines is 2. The van der Waals surface area contributed by atoms with Gasteiger partial charge in [0.2, 0.25) is 5.91 Å². The van der Waals surface area contributed by atoms with Crippen LogP contribution in [0.2, 0.25) is 0 Å². The van der Waals surface area contributed by atoms with Crippen LogP contribution in [0.15, 0.2) is 24.3 Å². The number of thiophene rings is 1. The molecule has 2 heterocycles. The zero-order chi connectivity index (χ0) is 19.7. The number of fused-ring (bicyclic) bond motifs is 2. The summed E-state index contributed by atoms with van der Waals surface area (Å²) in [6.45, 7) is 3.38. The van der Waals surface area contributed by atoms with E-state index in [0.717, 1.165) is 49.9 Å². The number of amides is 1. The molecule has 1 N–H and O–H groups in total. The van der Waals surface area contributed by atoms with Crippen molar-refractivity contribution in [3.8, 4) is 0 Å². The summed E-state index contributed by atoms with van der Waals surface area (Å²) < 4.78 is 5.01. The smallest absolute Gasteiger partial charge is 0.341 e. The van der Waals surface area contributed by atoms with Crippen LogP contribution in [0.5, 0.6) is 0 Å². The number of hydrogen-bond donors (Lipinski definition) is 1. The number of nitrogens with one attached hydrogen (secondary N) is 1. The number of methoxy groups -OCH3 is 1. The van der Waals surface area contributed by atoms with Gasteiger partial charge in [0.1, 0.15) is 5.00 Å². The van der Waals surface area contributed by atoms with Crippen LogP contribution in [0.4, 0.5) is 10.7 Å². The first-order valence-corrected chi connectivity index (χ1v) is 10.7. The Balaban J connectivity index is 1.55. The first kappa shape index (κ1) is 19.0. The summed E-state index contributed by atoms with van der Waals surface area (Å²) in [7, 11) is 1.40. The molecule has 28 heavy (non-hydrogen) atoms. The number of para-hydroxylation sites is 1. The lowest BCUT2D eigenvalue weighted by Gasteiger charge is -2.30. The van der Waals surface area contributed by atoms with Crippen molar-refractivity contribution in [2.24, 2.45) is 5.92 Å². The Morgan fingerprint density at radius 3 is 2.93 bits per heavy atom. The zero-order valence-corrected chi connectivity index (χ0v) is 17.2. The Hall–Kier alpha value is -2.34. The van der Waals surface area contributed by atoms with E-state index in [4.69, 9.17) is 4.74 Å². The minimum absolute atomic E-state index is 0.0894. The molecular weight excluding hydrogens is 372 g/mol. The molecule has 1 aromatic carbocycles. The van der Waals surface area contributed by atoms with E-state index in [1.807, 2.05) is 12.1 Å². The molecule has 5 nitrogen and oxygen atoms in total. The van der Waals surface area contributed by atoms with Crippen LogP contribution in [0.3, 0.4) is 0 Å². The van der Waals surface area contributed by atoms with E-state index in [9.17, 15) is 9.59 Å². The van der Waals surface area contributed by atoms with Crippen LogP contribution in [-0.4, -0.2) is 32.1 Å². The number of carbonyl (C=O) groups excluding carboxylic acids is 2. The summed E-state index contributed by atoms with van der Waals surface area (Å²) in [5, 5.41) is 3.65. The van der Waals surface area contributed by atoms with Gasteiger partial charge in [-0.05, 0) is 55.2 Å². The van der Waals surface area contributed by atoms with E-state index in [1.165, 1.54) is 28.9 Å². The van der Waals surface area contributed by atoms with Crippen molar-refractivity contribution in [3.63, 3.8) is 0 Å². The van der Waals surface area contributed by atoms with Crippen molar-refractivity contribution in [2.75, 3.05) is 30.4 Å². The molecular formula is C22H26N2O3S. The van der Waals surface area contributed by atoms with Crippen molar-refractivity contribution in [1.82, 2.24) is 0 Å². The van der Waals surface area contributed by atoms with Gasteiger partial charge in [0, 0.05) is 17.1 Å². The highest BCUT2D eigenvalue weighted by molar-refractivity contribution is 7.17. The molecule has 4 rings (SSSR count). The highest BCUT2D eigenvalue weighted by Gasteiger charge is 2.29. The van der Waals surface area contributed by atoms with Gasteiger partial charge in [0.25, 0.3) is 0 Å². The maximum Gasteiger partial charge on any atom is 0.341 e. The lowest BCUT2D eigenvalue weighted by molar-refractivity contribution is -0.115. The van der Waals surface area contributed by atoms with Gasteiger partial charge < -0.3 is 15.0 Å². The molecule has 0 saturated heterocycles. The van der Waals surface area contributed by atoms with E-state index < -0.39 is 0 Å². The van der Waals surface area contributed by atoms with Crippen LogP contribution in [0, 0.1) is 5.92 Å². The third-order valence-electron chi connectivity index (χ3n) is 5.70. The van der Waals surface area contributed by atoms with Gasteiger partial charge in [-0.25, -0.2) is 4.79 Å². The van der Waals surface area contributed by atoms with Gasteiger partial charge in [-0.2, -0.15) is 0 Å². The van der Waals surface area contributed by atoms with Crippen LogP contribution in [-0.2, 0) is 28.8 Å². The molecule has 0 radical (unpaired) electrons. The van der Waals surface area contributed by atoms with Crippen molar-refractivity contribution >= 4 is 33.9 Å². The molecule has 0 bridgehead atoms. The standard InChI is InChI=1S/C22H26N2O3S/c1-14-9-10-16-18(12-14)28-21(20(16)22(26)27-2)23-19(25)13-24-11-5-7-15-6-3-4-8-17(15)24/h3-4,6,8,14H,5,7,9-13H2,1-2H3,(H,23,25). The molecule has 1 amide bonds. The highest BCUT2D eigenvalue weighted by atomic mass is 32.1. The van der Waals surface area contributed by atoms with Crippen LogP contribution < -0.4 is 10.2 Å². The maximum atomic E-state index is 12.8. The average Bonchev–Trinajstić information content (AvgIpc) is 3.04. The van der Waals surface area contributed by atoms with Crippen LogP contribution in [0.25, 0.3) is 0 Å². The van der Waals surface area contributed by atoms with E-state index >= 15 is 0 Å². The number of hydrogen-bond acceptors (Lipinski definition) is 5. The first-order chi connectivity index (χ1) is 13.6. The number of aryl methyl sites for hydroxylation is 1. The van der Waals surface area contributed by atoms with Gasteiger partial charge in [0.15, 0.2) is 0 Å². The summed E-state index contributed by atoms with van der Waals surface area (Å²) in [5.74, 6) is 0.157. The van der Waals surface area contributed by atoms with Crippen molar-refractivity contribution in [1.29, 1.82) is 0 Å². The molecule has 1 aliphatic carbocycles. The van der Waals surface area contributed by atoms with Crippen LogP contribution in [0.1, 0.15) is 46.1 Å². The number of ether oxygens (including phenoxy) is 1. The number of carbonyl (C=O) groups is 2. The normalized spacial score (nSPS) is 18.2. The molecule has 2 aliphatic rings. The second-order valence-corrected chi connectivity index (χ2v) is 8.85. The Kier molecular flexibility index (Phi) is 5.40. The van der Waals surface area contributed by atoms with Crippen molar-refractivity contribution in [3.05, 3.63) is 45.8 Å². The van der Waals surface area contributed by atoms with Crippen molar-refractivity contribution < 1.29 is 14.3 Å². The van der Waals surface area contributed by atoms with Crippen molar-refractivity contribution in [2.45, 2.75) is 39.0 Å². The molecule has 1 unspecified atom stereocenters. The fourth-order valence-electron chi connectivity index (χ4n) is 4.27. The molecule has 6 heteroatoms. The molecule has 1 atom stereocenters. The fraction of sp³-hybridized carbons (Fsp3) is 0.455. The van der Waals surface area contributed by atoms with E-state index in [2.05, 4.69) is 29.3 Å². The number of nitrogens with zero attached hydrogens (tertiary/aromatic N) is 1. The Morgan fingerprint density at radius 1 is 1.29 bits per heavy atom. The minimum Gasteiger partial charge on any atom is -0.465 e. The quantitative estimate of drug-likeness (QED) is 0.790. The van der Waals surface area contributed by atoms with Crippen LogP contribution >= 0.6 is 11.3 Å². The number of esters is 1. The van der Waals surface area contributed by atoms with E-state index in [0.29, 0.717) is 16.5 Å². The topological polar surface area (TPSA) is 58.6 Å². The fourth-order valence-corrected chi connectivity index (χ4v) is 5.69. The lowest BCUT2D eigenvalue weighted by Crippen LogP contribution is -2.36. The predicted molar refractivity (Wildman–Crippen MR) is 112 cm³/mol. The second kappa shape index (κ2) is 7.95. The molecule has 1 aromatic heterocycles. The van der Waals surface area contributed by atoms with Gasteiger partial charge in [-0.15, -0.1) is 11.3 Å². The maximum absolute atomic E-state index is 12.8. The summed E-state index contributed by atoms with van der Waals surface area (Å²) in [4.78, 5) is 28.6. The second-order valence-electron chi connectivity index (χ2n) is 7.75. The molecule has 0 fully saturated rings. The summed E-state index contributed by atoms with van der Waals surface area (Å²) in [5.41, 5.74) is 4.05. The average molecular weight is 399 g/mol. The molecule has 1 aliphatic heterocycles. The Labute approximate surface area is 169 Å². The zero-order valence-electron chi connectivity index (χ0n) is 16.4. The monoisotopic (exact) mass is 398 g/mol. The number of benzene rings is 1. The summed E-state index contributed by atoms with van der Waals surface area (Å²) in [6, 6.07) is 8.26. The molecule has 2 aromatic rings. The van der Waals surface area contributed by atoms with Gasteiger partial charge in [0.05, 0.1) is 19.2 Å². The third-order valence-corrected chi connectivity index (χ3v) is 6.86.